The summed E-state index contributed by atoms with van der Waals surface area (Å²) in [5.74, 6) is 0. The summed E-state index contributed by atoms with van der Waals surface area (Å²) in [7, 11) is 0. The van der Waals surface area contributed by atoms with Crippen LogP contribution in [0, 0.1) is 11.3 Å². The maximum Gasteiger partial charge on any atom is 0.0991 e. The second-order valence-corrected chi connectivity index (χ2v) is 4.80. The van der Waals surface area contributed by atoms with Crippen LogP contribution in [0.15, 0.2) is 24.3 Å². The fourth-order valence-corrected chi connectivity index (χ4v) is 2.18. The van der Waals surface area contributed by atoms with E-state index in [1.165, 1.54) is 5.69 Å². The zero-order valence-corrected chi connectivity index (χ0v) is 9.83. The topological polar surface area (TPSA) is 39.1 Å². The molecule has 1 aliphatic heterocycles. The van der Waals surface area contributed by atoms with Crippen LogP contribution < -0.4 is 10.2 Å². The molecule has 1 aromatic carbocycles. The minimum atomic E-state index is 0.131. The number of nitrogens with zero attached hydrogens (tertiary/aromatic N) is 2. The molecule has 1 aromatic rings. The van der Waals surface area contributed by atoms with E-state index in [0.29, 0.717) is 0 Å². The Morgan fingerprint density at radius 3 is 2.56 bits per heavy atom. The van der Waals surface area contributed by atoms with Gasteiger partial charge in [-0.25, -0.2) is 0 Å². The number of rotatable bonds is 1. The maximum atomic E-state index is 8.77. The Morgan fingerprint density at radius 2 is 2.00 bits per heavy atom. The van der Waals surface area contributed by atoms with Gasteiger partial charge in [0.2, 0.25) is 0 Å². The minimum Gasteiger partial charge on any atom is -0.364 e. The van der Waals surface area contributed by atoms with Crippen molar-refractivity contribution >= 4 is 5.69 Å². The van der Waals surface area contributed by atoms with Crippen LogP contribution in [0.1, 0.15) is 19.4 Å². The van der Waals surface area contributed by atoms with E-state index >= 15 is 0 Å². The molecule has 3 nitrogen and oxygen atoms in total. The van der Waals surface area contributed by atoms with Gasteiger partial charge in [0.15, 0.2) is 0 Å². The molecular formula is C13H17N3. The van der Waals surface area contributed by atoms with Gasteiger partial charge in [0.25, 0.3) is 0 Å². The van der Waals surface area contributed by atoms with Gasteiger partial charge in [0.05, 0.1) is 11.6 Å². The molecule has 0 aromatic heterocycles. The first kappa shape index (κ1) is 11.0. The summed E-state index contributed by atoms with van der Waals surface area (Å²) >= 11 is 0. The average Bonchev–Trinajstić information content (AvgIpc) is 2.29. The number of anilines is 1. The number of nitrogens with one attached hydrogen (secondary N) is 1. The molecule has 0 atom stereocenters. The fraction of sp³-hybridized carbons (Fsp3) is 0.462. The maximum absolute atomic E-state index is 8.77. The van der Waals surface area contributed by atoms with Gasteiger partial charge >= 0.3 is 0 Å². The molecule has 0 spiro atoms. The van der Waals surface area contributed by atoms with E-state index in [1.54, 1.807) is 0 Å². The van der Waals surface area contributed by atoms with Gasteiger partial charge in [0.1, 0.15) is 0 Å². The molecule has 0 saturated carbocycles. The predicted octanol–water partition coefficient (Wildman–Crippen LogP) is 1.75. The van der Waals surface area contributed by atoms with E-state index in [0.717, 1.165) is 25.2 Å². The van der Waals surface area contributed by atoms with Crippen molar-refractivity contribution < 1.29 is 0 Å². The first-order valence-electron chi connectivity index (χ1n) is 5.62. The van der Waals surface area contributed by atoms with E-state index in [-0.39, 0.29) is 5.54 Å². The number of hydrogen-bond acceptors (Lipinski definition) is 3. The zero-order valence-electron chi connectivity index (χ0n) is 9.83. The van der Waals surface area contributed by atoms with Crippen molar-refractivity contribution in [1.29, 1.82) is 5.26 Å². The summed E-state index contributed by atoms with van der Waals surface area (Å²) in [6, 6.07) is 9.98. The van der Waals surface area contributed by atoms with Crippen LogP contribution in [-0.2, 0) is 0 Å². The van der Waals surface area contributed by atoms with Gasteiger partial charge in [-0.1, -0.05) is 0 Å². The highest BCUT2D eigenvalue weighted by Gasteiger charge is 2.29. The van der Waals surface area contributed by atoms with Crippen LogP contribution >= 0.6 is 0 Å². The molecule has 84 valence electrons. The Balaban J connectivity index is 2.25. The molecule has 1 saturated heterocycles. The molecule has 1 N–H and O–H groups in total. The van der Waals surface area contributed by atoms with Gasteiger partial charge in [-0.2, -0.15) is 5.26 Å². The second kappa shape index (κ2) is 4.15. The Morgan fingerprint density at radius 1 is 1.31 bits per heavy atom. The third-order valence-corrected chi connectivity index (χ3v) is 3.11. The SMILES string of the molecule is CC1(C)CNCCN1c1ccc(C#N)cc1. The quantitative estimate of drug-likeness (QED) is 0.775. The monoisotopic (exact) mass is 215 g/mol. The van der Waals surface area contributed by atoms with Crippen molar-refractivity contribution in [2.45, 2.75) is 19.4 Å². The van der Waals surface area contributed by atoms with Crippen LogP contribution in [0.5, 0.6) is 0 Å². The number of piperazine rings is 1. The van der Waals surface area contributed by atoms with Crippen molar-refractivity contribution in [2.24, 2.45) is 0 Å². The molecule has 1 heterocycles. The predicted molar refractivity (Wildman–Crippen MR) is 65.5 cm³/mol. The first-order valence-corrected chi connectivity index (χ1v) is 5.62. The van der Waals surface area contributed by atoms with Crippen molar-refractivity contribution in [3.05, 3.63) is 29.8 Å². The summed E-state index contributed by atoms with van der Waals surface area (Å²) in [5, 5.41) is 12.2. The van der Waals surface area contributed by atoms with Crippen LogP contribution in [0.4, 0.5) is 5.69 Å². The average molecular weight is 215 g/mol. The van der Waals surface area contributed by atoms with Crippen LogP contribution in [0.25, 0.3) is 0 Å². The van der Waals surface area contributed by atoms with E-state index < -0.39 is 0 Å². The largest absolute Gasteiger partial charge is 0.364 e. The molecule has 0 aliphatic carbocycles. The first-order chi connectivity index (χ1) is 7.63. The van der Waals surface area contributed by atoms with Crippen LogP contribution in [0.2, 0.25) is 0 Å². The molecule has 0 amide bonds. The molecule has 0 bridgehead atoms. The number of benzene rings is 1. The van der Waals surface area contributed by atoms with E-state index in [1.807, 2.05) is 24.3 Å². The highest BCUT2D eigenvalue weighted by Crippen LogP contribution is 2.25. The standard InChI is InChI=1S/C13H17N3/c1-13(2)10-15-7-8-16(13)12-5-3-11(9-14)4-6-12/h3-6,15H,7-8,10H2,1-2H3. The van der Waals surface area contributed by atoms with Crippen molar-refractivity contribution in [3.8, 4) is 6.07 Å². The molecule has 16 heavy (non-hydrogen) atoms. The smallest absolute Gasteiger partial charge is 0.0991 e. The molecule has 1 fully saturated rings. The lowest BCUT2D eigenvalue weighted by Crippen LogP contribution is -2.58. The normalized spacial score (nSPS) is 19.2. The highest BCUT2D eigenvalue weighted by molar-refractivity contribution is 5.52. The molecule has 0 unspecified atom stereocenters. The lowest BCUT2D eigenvalue weighted by atomic mass is 9.99. The Labute approximate surface area is 96.7 Å². The molecule has 1 aliphatic rings. The third kappa shape index (κ3) is 2.02. The van der Waals surface area contributed by atoms with Crippen molar-refractivity contribution in [1.82, 2.24) is 5.32 Å². The summed E-state index contributed by atoms with van der Waals surface area (Å²) < 4.78 is 0. The molecule has 3 heteroatoms. The van der Waals surface area contributed by atoms with E-state index in [4.69, 9.17) is 5.26 Å². The number of nitriles is 1. The van der Waals surface area contributed by atoms with Gasteiger partial charge < -0.3 is 10.2 Å². The fourth-order valence-electron chi connectivity index (χ4n) is 2.18. The van der Waals surface area contributed by atoms with Gasteiger partial charge in [0, 0.05) is 30.9 Å². The lowest BCUT2D eigenvalue weighted by Gasteiger charge is -2.44. The minimum absolute atomic E-state index is 0.131. The van der Waals surface area contributed by atoms with Crippen molar-refractivity contribution in [3.63, 3.8) is 0 Å². The molecule has 0 radical (unpaired) electrons. The van der Waals surface area contributed by atoms with Crippen LogP contribution in [0.3, 0.4) is 0 Å². The molecule has 2 rings (SSSR count). The Bertz CT molecular complexity index is 400. The third-order valence-electron chi connectivity index (χ3n) is 3.11. The summed E-state index contributed by atoms with van der Waals surface area (Å²) in [6.07, 6.45) is 0. The Hall–Kier alpha value is -1.53. The summed E-state index contributed by atoms with van der Waals surface area (Å²) in [4.78, 5) is 2.39. The Kier molecular flexibility index (Phi) is 2.84. The molecular weight excluding hydrogens is 198 g/mol. The van der Waals surface area contributed by atoms with E-state index in [2.05, 4.69) is 30.1 Å². The number of hydrogen-bond donors (Lipinski definition) is 1. The zero-order chi connectivity index (χ0) is 11.6. The van der Waals surface area contributed by atoms with E-state index in [9.17, 15) is 0 Å². The summed E-state index contributed by atoms with van der Waals surface area (Å²) in [6.45, 7) is 7.49. The lowest BCUT2D eigenvalue weighted by molar-refractivity contribution is 0.380. The summed E-state index contributed by atoms with van der Waals surface area (Å²) in [5.41, 5.74) is 2.05. The van der Waals surface area contributed by atoms with Gasteiger partial charge in [-0.05, 0) is 38.1 Å². The second-order valence-electron chi connectivity index (χ2n) is 4.80. The highest BCUT2D eigenvalue weighted by atomic mass is 15.3. The van der Waals surface area contributed by atoms with Gasteiger partial charge in [-0.3, -0.25) is 0 Å². The van der Waals surface area contributed by atoms with Crippen LogP contribution in [-0.4, -0.2) is 25.2 Å². The van der Waals surface area contributed by atoms with Gasteiger partial charge in [-0.15, -0.1) is 0 Å². The van der Waals surface area contributed by atoms with Crippen molar-refractivity contribution in [2.75, 3.05) is 24.5 Å².